The van der Waals surface area contributed by atoms with Crippen molar-refractivity contribution in [2.24, 2.45) is 0 Å². The van der Waals surface area contributed by atoms with Gasteiger partial charge >= 0.3 is 5.97 Å². The van der Waals surface area contributed by atoms with Gasteiger partial charge in [0, 0.05) is 6.26 Å². The van der Waals surface area contributed by atoms with Crippen molar-refractivity contribution in [1.29, 1.82) is 0 Å². The van der Waals surface area contributed by atoms with Crippen LogP contribution in [0.15, 0.2) is 11.5 Å². The number of hydrogen-bond donors (Lipinski definition) is 0. The normalized spacial score (nSPS) is 10.7. The Hall–Kier alpha value is -0.840. The van der Waals surface area contributed by atoms with E-state index >= 15 is 0 Å². The Bertz CT molecular complexity index is 262. The van der Waals surface area contributed by atoms with Crippen molar-refractivity contribution in [3.8, 4) is 0 Å². The summed E-state index contributed by atoms with van der Waals surface area (Å²) in [5.41, 5.74) is 0. The number of ether oxygens (including phenoxy) is 1. The van der Waals surface area contributed by atoms with Crippen LogP contribution in [0.4, 0.5) is 0 Å². The summed E-state index contributed by atoms with van der Waals surface area (Å²) in [6.45, 7) is 4.82. The van der Waals surface area contributed by atoms with Gasteiger partial charge in [0.1, 0.15) is 4.91 Å². The van der Waals surface area contributed by atoms with Gasteiger partial charge in [0.25, 0.3) is 0 Å². The molecule has 0 heterocycles. The average Bonchev–Trinajstić information content (AvgIpc) is 1.85. The molecule has 4 nitrogen and oxygen atoms in total. The lowest BCUT2D eigenvalue weighted by Crippen LogP contribution is -2.13. The lowest BCUT2D eigenvalue weighted by atomic mass is 10.6. The zero-order valence-corrected chi connectivity index (χ0v) is 7.27. The van der Waals surface area contributed by atoms with Crippen molar-refractivity contribution in [2.75, 3.05) is 12.9 Å². The minimum atomic E-state index is -3.49. The Labute approximate surface area is 65.8 Å². The molecule has 64 valence electrons. The Morgan fingerprint density at radius 1 is 1.55 bits per heavy atom. The van der Waals surface area contributed by atoms with E-state index in [1.54, 1.807) is 6.92 Å². The second kappa shape index (κ2) is 3.52. The summed E-state index contributed by atoms with van der Waals surface area (Å²) in [6, 6.07) is 0. The molecule has 0 rings (SSSR count). The molecular weight excluding hydrogens is 168 g/mol. The van der Waals surface area contributed by atoms with Crippen LogP contribution in [0.2, 0.25) is 0 Å². The van der Waals surface area contributed by atoms with E-state index < -0.39 is 20.7 Å². The molecule has 0 aliphatic carbocycles. The molecule has 0 aromatic carbocycles. The molecule has 0 unspecified atom stereocenters. The van der Waals surface area contributed by atoms with Crippen molar-refractivity contribution in [3.05, 3.63) is 11.5 Å². The van der Waals surface area contributed by atoms with Crippen LogP contribution in [0.5, 0.6) is 0 Å². The summed E-state index contributed by atoms with van der Waals surface area (Å²) in [5, 5.41) is 0. The second-order valence-electron chi connectivity index (χ2n) is 1.92. The molecule has 11 heavy (non-hydrogen) atoms. The molecule has 0 bridgehead atoms. The first kappa shape index (κ1) is 10.2. The van der Waals surface area contributed by atoms with Crippen LogP contribution in [0.1, 0.15) is 6.92 Å². The Kier molecular flexibility index (Phi) is 3.25. The molecule has 0 saturated carbocycles. The summed E-state index contributed by atoms with van der Waals surface area (Å²) in [5.74, 6) is -0.880. The van der Waals surface area contributed by atoms with Crippen molar-refractivity contribution in [2.45, 2.75) is 6.92 Å². The van der Waals surface area contributed by atoms with Crippen LogP contribution < -0.4 is 0 Å². The number of rotatable bonds is 3. The maximum atomic E-state index is 10.7. The van der Waals surface area contributed by atoms with Crippen molar-refractivity contribution < 1.29 is 17.9 Å². The quantitative estimate of drug-likeness (QED) is 0.454. The fourth-order valence-electron chi connectivity index (χ4n) is 0.363. The van der Waals surface area contributed by atoms with E-state index in [0.29, 0.717) is 0 Å². The summed E-state index contributed by atoms with van der Waals surface area (Å²) >= 11 is 0. The maximum absolute atomic E-state index is 10.7. The van der Waals surface area contributed by atoms with Gasteiger partial charge in [-0.3, -0.25) is 0 Å². The zero-order chi connectivity index (χ0) is 9.07. The molecule has 0 radical (unpaired) electrons. The van der Waals surface area contributed by atoms with Crippen LogP contribution in [0.25, 0.3) is 0 Å². The number of esters is 1. The molecule has 5 heteroatoms. The lowest BCUT2D eigenvalue weighted by molar-refractivity contribution is -0.137. The van der Waals surface area contributed by atoms with E-state index in [2.05, 4.69) is 11.3 Å². The van der Waals surface area contributed by atoms with E-state index in [0.717, 1.165) is 6.26 Å². The van der Waals surface area contributed by atoms with Gasteiger partial charge in [-0.25, -0.2) is 13.2 Å². The number of carbonyl (C=O) groups is 1. The smallest absolute Gasteiger partial charge is 0.349 e. The molecular formula is C6H10O4S. The topological polar surface area (TPSA) is 60.4 Å². The number of carbonyl (C=O) groups excluding carboxylic acids is 1. The Morgan fingerprint density at radius 3 is 2.27 bits per heavy atom. The van der Waals surface area contributed by atoms with Crippen molar-refractivity contribution in [1.82, 2.24) is 0 Å². The minimum absolute atomic E-state index is 0.146. The van der Waals surface area contributed by atoms with Crippen LogP contribution >= 0.6 is 0 Å². The van der Waals surface area contributed by atoms with Gasteiger partial charge in [-0.15, -0.1) is 0 Å². The summed E-state index contributed by atoms with van der Waals surface area (Å²) < 4.78 is 25.7. The molecule has 0 atom stereocenters. The maximum Gasteiger partial charge on any atom is 0.349 e. The Balaban J connectivity index is 4.41. The predicted molar refractivity (Wildman–Crippen MR) is 40.6 cm³/mol. The lowest BCUT2D eigenvalue weighted by Gasteiger charge is -2.01. The predicted octanol–water partition coefficient (Wildman–Crippen LogP) is 0.108. The van der Waals surface area contributed by atoms with Crippen LogP contribution in [-0.2, 0) is 19.4 Å². The van der Waals surface area contributed by atoms with Gasteiger partial charge in [-0.05, 0) is 6.92 Å². The van der Waals surface area contributed by atoms with E-state index in [1.165, 1.54) is 0 Å². The van der Waals surface area contributed by atoms with Gasteiger partial charge in [0.15, 0.2) is 9.84 Å². The van der Waals surface area contributed by atoms with E-state index in [4.69, 9.17) is 0 Å². The molecule has 0 N–H and O–H groups in total. The van der Waals surface area contributed by atoms with Crippen LogP contribution in [-0.4, -0.2) is 27.2 Å². The number of hydrogen-bond acceptors (Lipinski definition) is 4. The fraction of sp³-hybridized carbons (Fsp3) is 0.500. The highest BCUT2D eigenvalue weighted by molar-refractivity contribution is 7.95. The van der Waals surface area contributed by atoms with Crippen LogP contribution in [0, 0.1) is 0 Å². The molecule has 0 fully saturated rings. The van der Waals surface area contributed by atoms with Gasteiger partial charge in [-0.2, -0.15) is 0 Å². The standard InChI is InChI=1S/C6H10O4S/c1-4-10-6(7)5(2)11(3,8)9/h2,4H2,1,3H3. The highest BCUT2D eigenvalue weighted by atomic mass is 32.2. The summed E-state index contributed by atoms with van der Waals surface area (Å²) in [4.78, 5) is 10.2. The molecule has 0 aliphatic heterocycles. The van der Waals surface area contributed by atoms with Gasteiger partial charge in [0.2, 0.25) is 0 Å². The third kappa shape index (κ3) is 3.18. The first-order valence-corrected chi connectivity index (χ1v) is 4.84. The molecule has 0 aromatic heterocycles. The molecule has 0 saturated heterocycles. The van der Waals surface area contributed by atoms with Crippen molar-refractivity contribution >= 4 is 15.8 Å². The largest absolute Gasteiger partial charge is 0.462 e. The van der Waals surface area contributed by atoms with E-state index in [-0.39, 0.29) is 6.61 Å². The second-order valence-corrected chi connectivity index (χ2v) is 3.95. The number of sulfone groups is 1. The third-order valence-corrected chi connectivity index (χ3v) is 2.01. The summed E-state index contributed by atoms with van der Waals surface area (Å²) in [7, 11) is -3.49. The van der Waals surface area contributed by atoms with Gasteiger partial charge in [0.05, 0.1) is 6.61 Å². The average molecular weight is 178 g/mol. The fourth-order valence-corrected chi connectivity index (χ4v) is 0.725. The highest BCUT2D eigenvalue weighted by Gasteiger charge is 2.17. The molecule has 0 aliphatic rings. The molecule has 0 amide bonds. The van der Waals surface area contributed by atoms with E-state index in [1.807, 2.05) is 0 Å². The summed E-state index contributed by atoms with van der Waals surface area (Å²) in [6.07, 6.45) is 0.909. The highest BCUT2D eigenvalue weighted by Crippen LogP contribution is 2.02. The van der Waals surface area contributed by atoms with Crippen LogP contribution in [0.3, 0.4) is 0 Å². The first-order chi connectivity index (χ1) is 4.89. The third-order valence-electron chi connectivity index (χ3n) is 0.951. The molecule has 0 aromatic rings. The van der Waals surface area contributed by atoms with Crippen molar-refractivity contribution in [3.63, 3.8) is 0 Å². The monoisotopic (exact) mass is 178 g/mol. The first-order valence-electron chi connectivity index (χ1n) is 2.95. The molecule has 0 spiro atoms. The SMILES string of the molecule is C=C(C(=O)OCC)S(C)(=O)=O. The van der Waals surface area contributed by atoms with E-state index in [9.17, 15) is 13.2 Å². The zero-order valence-electron chi connectivity index (χ0n) is 6.46. The van der Waals surface area contributed by atoms with Gasteiger partial charge < -0.3 is 4.74 Å². The minimum Gasteiger partial charge on any atom is -0.462 e. The Morgan fingerprint density at radius 2 is 2.00 bits per heavy atom. The van der Waals surface area contributed by atoms with Gasteiger partial charge in [-0.1, -0.05) is 6.58 Å².